The third kappa shape index (κ3) is 5.87. The predicted octanol–water partition coefficient (Wildman–Crippen LogP) is 0.117. The maximum absolute atomic E-state index is 11.8. The summed E-state index contributed by atoms with van der Waals surface area (Å²) in [7, 11) is 0. The molecule has 0 spiro atoms. The van der Waals surface area contributed by atoms with Crippen LogP contribution in [0.3, 0.4) is 0 Å². The third-order valence-corrected chi connectivity index (χ3v) is 4.10. The molecule has 2 heterocycles. The van der Waals surface area contributed by atoms with Crippen LogP contribution < -0.4 is 5.32 Å². The molecule has 1 aromatic rings. The number of hydrogen-bond acceptors (Lipinski definition) is 6. The second-order valence-corrected chi connectivity index (χ2v) is 6.07. The van der Waals surface area contributed by atoms with Gasteiger partial charge in [0.1, 0.15) is 0 Å². The molecule has 130 valence electrons. The average Bonchev–Trinajstić information content (AvgIpc) is 3.00. The van der Waals surface area contributed by atoms with Gasteiger partial charge < -0.3 is 5.32 Å². The average molecular weight is 323 g/mol. The highest BCUT2D eigenvalue weighted by Gasteiger charge is 2.20. The molecule has 8 heteroatoms. The molecule has 0 bridgehead atoms. The topological polar surface area (TPSA) is 79.2 Å². The number of carbonyl (C=O) groups is 1. The molecule has 1 saturated heterocycles. The number of aryl methyl sites for hydroxylation is 1. The van der Waals surface area contributed by atoms with Crippen molar-refractivity contribution >= 4 is 5.91 Å². The van der Waals surface area contributed by atoms with Gasteiger partial charge in [-0.2, -0.15) is 0 Å². The Morgan fingerprint density at radius 1 is 1.13 bits per heavy atom. The van der Waals surface area contributed by atoms with Crippen molar-refractivity contribution in [2.75, 3.05) is 39.3 Å². The van der Waals surface area contributed by atoms with Crippen LogP contribution in [0.1, 0.15) is 38.9 Å². The molecule has 1 aliphatic rings. The van der Waals surface area contributed by atoms with Crippen molar-refractivity contribution in [1.82, 2.24) is 35.3 Å². The lowest BCUT2D eigenvalue weighted by Crippen LogP contribution is -2.49. The van der Waals surface area contributed by atoms with Crippen LogP contribution in [0.25, 0.3) is 0 Å². The first-order valence-corrected chi connectivity index (χ1v) is 8.69. The molecule has 8 nitrogen and oxygen atoms in total. The van der Waals surface area contributed by atoms with Gasteiger partial charge in [-0.3, -0.25) is 14.6 Å². The lowest BCUT2D eigenvalue weighted by Gasteiger charge is -2.33. The smallest absolute Gasteiger partial charge is 0.234 e. The summed E-state index contributed by atoms with van der Waals surface area (Å²) in [6.07, 6.45) is 3.21. The zero-order chi connectivity index (χ0) is 16.5. The zero-order valence-corrected chi connectivity index (χ0v) is 14.4. The lowest BCUT2D eigenvalue weighted by atomic mass is 10.3. The quantitative estimate of drug-likeness (QED) is 0.695. The van der Waals surface area contributed by atoms with Crippen molar-refractivity contribution in [3.63, 3.8) is 0 Å². The minimum Gasteiger partial charge on any atom is -0.355 e. The van der Waals surface area contributed by atoms with E-state index in [9.17, 15) is 4.79 Å². The Bertz CT molecular complexity index is 468. The fourth-order valence-corrected chi connectivity index (χ4v) is 2.65. The Labute approximate surface area is 138 Å². The van der Waals surface area contributed by atoms with Crippen LogP contribution in [0.2, 0.25) is 0 Å². The van der Waals surface area contributed by atoms with Crippen LogP contribution in [-0.2, 0) is 17.9 Å². The molecule has 1 N–H and O–H groups in total. The molecule has 1 amide bonds. The number of tetrazole rings is 1. The summed E-state index contributed by atoms with van der Waals surface area (Å²) in [4.78, 5) is 16.3. The standard InChI is InChI=1S/C15H29N7O/c1-3-5-7-22-14(17-18-19-22)12-20-8-10-21(11-9-20)13-15(23)16-6-4-2/h3-13H2,1-2H3,(H,16,23). The zero-order valence-electron chi connectivity index (χ0n) is 14.4. The Morgan fingerprint density at radius 3 is 2.57 bits per heavy atom. The van der Waals surface area contributed by atoms with Gasteiger partial charge in [0.2, 0.25) is 5.91 Å². The Kier molecular flexibility index (Phi) is 7.41. The summed E-state index contributed by atoms with van der Waals surface area (Å²) < 4.78 is 1.91. The second-order valence-electron chi connectivity index (χ2n) is 6.07. The van der Waals surface area contributed by atoms with Gasteiger partial charge in [0.15, 0.2) is 5.82 Å². The van der Waals surface area contributed by atoms with Gasteiger partial charge in [-0.05, 0) is 23.3 Å². The Morgan fingerprint density at radius 2 is 1.87 bits per heavy atom. The predicted molar refractivity (Wildman–Crippen MR) is 87.7 cm³/mol. The van der Waals surface area contributed by atoms with E-state index in [1.807, 2.05) is 4.68 Å². The van der Waals surface area contributed by atoms with E-state index in [-0.39, 0.29) is 5.91 Å². The number of aromatic nitrogens is 4. The Hall–Kier alpha value is -1.54. The van der Waals surface area contributed by atoms with Crippen molar-refractivity contribution in [1.29, 1.82) is 0 Å². The van der Waals surface area contributed by atoms with Crippen LogP contribution in [0.15, 0.2) is 0 Å². The minimum absolute atomic E-state index is 0.129. The first-order valence-electron chi connectivity index (χ1n) is 8.69. The molecule has 0 atom stereocenters. The van der Waals surface area contributed by atoms with Gasteiger partial charge in [-0.25, -0.2) is 4.68 Å². The summed E-state index contributed by atoms with van der Waals surface area (Å²) in [5.74, 6) is 1.07. The van der Waals surface area contributed by atoms with Crippen molar-refractivity contribution in [2.24, 2.45) is 0 Å². The number of rotatable bonds is 9. The van der Waals surface area contributed by atoms with E-state index in [1.54, 1.807) is 0 Å². The fourth-order valence-electron chi connectivity index (χ4n) is 2.65. The van der Waals surface area contributed by atoms with Crippen LogP contribution in [0.5, 0.6) is 0 Å². The molecule has 1 aromatic heterocycles. The van der Waals surface area contributed by atoms with E-state index >= 15 is 0 Å². The monoisotopic (exact) mass is 323 g/mol. The van der Waals surface area contributed by atoms with E-state index in [0.29, 0.717) is 6.54 Å². The number of nitrogens with zero attached hydrogens (tertiary/aromatic N) is 6. The number of unbranched alkanes of at least 4 members (excludes halogenated alkanes) is 1. The normalized spacial score (nSPS) is 16.6. The van der Waals surface area contributed by atoms with E-state index in [1.165, 1.54) is 0 Å². The van der Waals surface area contributed by atoms with Crippen molar-refractivity contribution in [2.45, 2.75) is 46.2 Å². The molecular weight excluding hydrogens is 294 g/mol. The number of piperazine rings is 1. The molecule has 23 heavy (non-hydrogen) atoms. The first kappa shape index (κ1) is 17.8. The summed E-state index contributed by atoms with van der Waals surface area (Å²) in [5, 5.41) is 14.9. The molecule has 2 rings (SSSR count). The van der Waals surface area contributed by atoms with Crippen LogP contribution in [-0.4, -0.2) is 75.2 Å². The van der Waals surface area contributed by atoms with Crippen molar-refractivity contribution in [3.8, 4) is 0 Å². The first-order chi connectivity index (χ1) is 11.2. The fraction of sp³-hybridized carbons (Fsp3) is 0.867. The minimum atomic E-state index is 0.129. The molecule has 1 aliphatic heterocycles. The molecule has 0 radical (unpaired) electrons. The number of amides is 1. The third-order valence-electron chi connectivity index (χ3n) is 4.10. The molecule has 0 aromatic carbocycles. The van der Waals surface area contributed by atoms with Crippen LogP contribution >= 0.6 is 0 Å². The van der Waals surface area contributed by atoms with Crippen molar-refractivity contribution < 1.29 is 4.79 Å². The highest BCUT2D eigenvalue weighted by Crippen LogP contribution is 2.07. The van der Waals surface area contributed by atoms with Gasteiger partial charge in [-0.15, -0.1) is 5.10 Å². The summed E-state index contributed by atoms with van der Waals surface area (Å²) in [6.45, 7) is 10.9. The highest BCUT2D eigenvalue weighted by molar-refractivity contribution is 5.77. The van der Waals surface area contributed by atoms with Gasteiger partial charge in [-0.1, -0.05) is 20.3 Å². The van der Waals surface area contributed by atoms with Gasteiger partial charge in [0.05, 0.1) is 13.1 Å². The van der Waals surface area contributed by atoms with E-state index in [0.717, 1.165) is 70.9 Å². The number of hydrogen-bond donors (Lipinski definition) is 1. The van der Waals surface area contributed by atoms with Crippen LogP contribution in [0.4, 0.5) is 0 Å². The summed E-state index contributed by atoms with van der Waals surface area (Å²) in [6, 6.07) is 0. The van der Waals surface area contributed by atoms with Crippen LogP contribution in [0, 0.1) is 0 Å². The number of nitrogens with one attached hydrogen (secondary N) is 1. The second kappa shape index (κ2) is 9.57. The molecule has 0 saturated carbocycles. The highest BCUT2D eigenvalue weighted by atomic mass is 16.2. The largest absolute Gasteiger partial charge is 0.355 e. The van der Waals surface area contributed by atoms with E-state index < -0.39 is 0 Å². The SMILES string of the molecule is CCCCn1nnnc1CN1CCN(CC(=O)NCCC)CC1. The maximum Gasteiger partial charge on any atom is 0.234 e. The summed E-state index contributed by atoms with van der Waals surface area (Å²) >= 11 is 0. The molecule has 0 unspecified atom stereocenters. The number of carbonyl (C=O) groups excluding carboxylic acids is 1. The van der Waals surface area contributed by atoms with E-state index in [4.69, 9.17) is 0 Å². The Balaban J connectivity index is 1.72. The maximum atomic E-state index is 11.8. The van der Waals surface area contributed by atoms with E-state index in [2.05, 4.69) is 44.5 Å². The molecule has 1 fully saturated rings. The molecule has 0 aliphatic carbocycles. The molecular formula is C15H29N7O. The van der Waals surface area contributed by atoms with Gasteiger partial charge >= 0.3 is 0 Å². The van der Waals surface area contributed by atoms with Gasteiger partial charge in [0.25, 0.3) is 0 Å². The summed E-state index contributed by atoms with van der Waals surface area (Å²) in [5.41, 5.74) is 0. The van der Waals surface area contributed by atoms with Crippen molar-refractivity contribution in [3.05, 3.63) is 5.82 Å². The van der Waals surface area contributed by atoms with Gasteiger partial charge in [0, 0.05) is 39.3 Å². The lowest BCUT2D eigenvalue weighted by molar-refractivity contribution is -0.122.